The van der Waals surface area contributed by atoms with Crippen LogP contribution in [0.3, 0.4) is 0 Å². The molecule has 0 atom stereocenters. The van der Waals surface area contributed by atoms with Gasteiger partial charge >= 0.3 is 0 Å². The van der Waals surface area contributed by atoms with E-state index in [0.29, 0.717) is 0 Å². The van der Waals surface area contributed by atoms with E-state index in [0.717, 1.165) is 19.0 Å². The summed E-state index contributed by atoms with van der Waals surface area (Å²) in [6, 6.07) is 2.16. The second-order valence-electron chi connectivity index (χ2n) is 3.16. The Morgan fingerprint density at radius 1 is 1.50 bits per heavy atom. The summed E-state index contributed by atoms with van der Waals surface area (Å²) in [5, 5.41) is 7.70. The van der Waals surface area contributed by atoms with E-state index in [-0.39, 0.29) is 12.4 Å². The van der Waals surface area contributed by atoms with Crippen molar-refractivity contribution in [2.45, 2.75) is 20.4 Å². The Morgan fingerprint density at radius 3 is 2.75 bits per heavy atom. The van der Waals surface area contributed by atoms with Gasteiger partial charge in [-0.1, -0.05) is 13.8 Å². The van der Waals surface area contributed by atoms with Crippen LogP contribution in [0.15, 0.2) is 16.8 Å². The van der Waals surface area contributed by atoms with E-state index < -0.39 is 0 Å². The Hall–Kier alpha value is -0.0500. The number of nitrogens with one attached hydrogen (secondary N) is 1. The van der Waals surface area contributed by atoms with E-state index in [4.69, 9.17) is 0 Å². The highest BCUT2D eigenvalue weighted by molar-refractivity contribution is 7.07. The van der Waals surface area contributed by atoms with E-state index in [2.05, 4.69) is 36.0 Å². The Morgan fingerprint density at radius 2 is 2.25 bits per heavy atom. The molecule has 0 saturated carbocycles. The average Bonchev–Trinajstić information content (AvgIpc) is 2.39. The molecule has 0 aliphatic carbocycles. The van der Waals surface area contributed by atoms with Crippen LogP contribution >= 0.6 is 23.7 Å². The van der Waals surface area contributed by atoms with Crippen LogP contribution in [0.5, 0.6) is 0 Å². The SMILES string of the molecule is CC(C)CNCc1ccsc1.Cl. The Balaban J connectivity index is 0.00000121. The first-order valence-electron chi connectivity index (χ1n) is 4.01. The molecular formula is C9H16ClNS. The van der Waals surface area contributed by atoms with Gasteiger partial charge in [-0.2, -0.15) is 11.3 Å². The van der Waals surface area contributed by atoms with Crippen molar-refractivity contribution in [1.29, 1.82) is 0 Å². The fourth-order valence-corrected chi connectivity index (χ4v) is 1.57. The van der Waals surface area contributed by atoms with E-state index in [1.54, 1.807) is 11.3 Å². The quantitative estimate of drug-likeness (QED) is 0.797. The topological polar surface area (TPSA) is 12.0 Å². The minimum atomic E-state index is 0. The lowest BCUT2D eigenvalue weighted by Crippen LogP contribution is -2.18. The Bertz CT molecular complexity index is 184. The molecule has 0 saturated heterocycles. The molecule has 1 N–H and O–H groups in total. The summed E-state index contributed by atoms with van der Waals surface area (Å²) >= 11 is 1.76. The lowest BCUT2D eigenvalue weighted by atomic mass is 10.2. The summed E-state index contributed by atoms with van der Waals surface area (Å²) in [6.45, 7) is 6.57. The first kappa shape index (κ1) is 11.9. The molecule has 0 aliphatic heterocycles. The third-order valence-electron chi connectivity index (χ3n) is 1.46. The van der Waals surface area contributed by atoms with Crippen LogP contribution in [0.4, 0.5) is 0 Å². The largest absolute Gasteiger partial charge is 0.312 e. The second kappa shape index (κ2) is 6.46. The molecule has 70 valence electrons. The number of hydrogen-bond donors (Lipinski definition) is 1. The van der Waals surface area contributed by atoms with E-state index >= 15 is 0 Å². The molecule has 3 heteroatoms. The van der Waals surface area contributed by atoms with Gasteiger partial charge in [0.2, 0.25) is 0 Å². The first-order valence-corrected chi connectivity index (χ1v) is 4.95. The number of halogens is 1. The lowest BCUT2D eigenvalue weighted by molar-refractivity contribution is 0.553. The van der Waals surface area contributed by atoms with Crippen molar-refractivity contribution < 1.29 is 0 Å². The van der Waals surface area contributed by atoms with Crippen LogP contribution in [-0.4, -0.2) is 6.54 Å². The van der Waals surface area contributed by atoms with Crippen molar-refractivity contribution in [3.8, 4) is 0 Å². The first-order chi connectivity index (χ1) is 5.29. The van der Waals surface area contributed by atoms with Gasteiger partial charge in [0.15, 0.2) is 0 Å². The number of rotatable bonds is 4. The predicted molar refractivity (Wildman–Crippen MR) is 58.1 cm³/mol. The summed E-state index contributed by atoms with van der Waals surface area (Å²) in [4.78, 5) is 0. The number of hydrogen-bond acceptors (Lipinski definition) is 2. The molecule has 1 aromatic heterocycles. The van der Waals surface area contributed by atoms with Crippen molar-refractivity contribution in [2.24, 2.45) is 5.92 Å². The molecule has 0 amide bonds. The van der Waals surface area contributed by atoms with Gasteiger partial charge in [-0.05, 0) is 34.9 Å². The zero-order chi connectivity index (χ0) is 8.10. The Kier molecular flexibility index (Phi) is 6.44. The van der Waals surface area contributed by atoms with E-state index in [1.165, 1.54) is 5.56 Å². The maximum absolute atomic E-state index is 3.39. The average molecular weight is 206 g/mol. The highest BCUT2D eigenvalue weighted by Gasteiger charge is 1.93. The molecule has 0 unspecified atom stereocenters. The van der Waals surface area contributed by atoms with Gasteiger partial charge in [-0.25, -0.2) is 0 Å². The van der Waals surface area contributed by atoms with Crippen LogP contribution in [-0.2, 0) is 6.54 Å². The predicted octanol–water partition coefficient (Wildman–Crippen LogP) is 2.92. The minimum Gasteiger partial charge on any atom is -0.312 e. The van der Waals surface area contributed by atoms with Crippen molar-refractivity contribution in [1.82, 2.24) is 5.32 Å². The Labute approximate surface area is 84.6 Å². The van der Waals surface area contributed by atoms with Crippen LogP contribution in [0.2, 0.25) is 0 Å². The second-order valence-corrected chi connectivity index (χ2v) is 3.94. The van der Waals surface area contributed by atoms with E-state index in [1.807, 2.05) is 0 Å². The van der Waals surface area contributed by atoms with Crippen LogP contribution < -0.4 is 5.32 Å². The van der Waals surface area contributed by atoms with Crippen LogP contribution in [0, 0.1) is 5.92 Å². The van der Waals surface area contributed by atoms with Gasteiger partial charge in [-0.3, -0.25) is 0 Å². The standard InChI is InChI=1S/C9H15NS.ClH/c1-8(2)5-10-6-9-3-4-11-7-9;/h3-4,7-8,10H,5-6H2,1-2H3;1H. The minimum absolute atomic E-state index is 0. The van der Waals surface area contributed by atoms with Gasteiger partial charge in [0, 0.05) is 6.54 Å². The van der Waals surface area contributed by atoms with Crippen molar-refractivity contribution in [2.75, 3.05) is 6.54 Å². The maximum atomic E-state index is 3.39. The van der Waals surface area contributed by atoms with Crippen LogP contribution in [0.1, 0.15) is 19.4 Å². The molecule has 12 heavy (non-hydrogen) atoms. The normalized spacial score (nSPS) is 9.92. The summed E-state index contributed by atoms with van der Waals surface area (Å²) < 4.78 is 0. The molecule has 0 fully saturated rings. The van der Waals surface area contributed by atoms with Crippen LogP contribution in [0.25, 0.3) is 0 Å². The fraction of sp³-hybridized carbons (Fsp3) is 0.556. The fourth-order valence-electron chi connectivity index (χ4n) is 0.898. The van der Waals surface area contributed by atoms with Gasteiger partial charge in [-0.15, -0.1) is 12.4 Å². The number of thiophene rings is 1. The summed E-state index contributed by atoms with van der Waals surface area (Å²) in [5.41, 5.74) is 1.40. The monoisotopic (exact) mass is 205 g/mol. The van der Waals surface area contributed by atoms with Gasteiger partial charge in [0.05, 0.1) is 0 Å². The van der Waals surface area contributed by atoms with Gasteiger partial charge < -0.3 is 5.32 Å². The summed E-state index contributed by atoms with van der Waals surface area (Å²) in [5.74, 6) is 0.744. The molecule has 0 aliphatic rings. The van der Waals surface area contributed by atoms with Crippen molar-refractivity contribution >= 4 is 23.7 Å². The van der Waals surface area contributed by atoms with E-state index in [9.17, 15) is 0 Å². The molecule has 0 bridgehead atoms. The maximum Gasteiger partial charge on any atom is 0.0213 e. The van der Waals surface area contributed by atoms with Crippen molar-refractivity contribution in [3.63, 3.8) is 0 Å². The van der Waals surface area contributed by atoms with Gasteiger partial charge in [0.25, 0.3) is 0 Å². The molecule has 0 aromatic carbocycles. The summed E-state index contributed by atoms with van der Waals surface area (Å²) in [6.07, 6.45) is 0. The van der Waals surface area contributed by atoms with Gasteiger partial charge in [0.1, 0.15) is 0 Å². The molecule has 0 radical (unpaired) electrons. The lowest BCUT2D eigenvalue weighted by Gasteiger charge is -2.05. The highest BCUT2D eigenvalue weighted by atomic mass is 35.5. The summed E-state index contributed by atoms with van der Waals surface area (Å²) in [7, 11) is 0. The molecule has 1 rings (SSSR count). The molecule has 1 nitrogen and oxygen atoms in total. The third kappa shape index (κ3) is 4.75. The molecule has 0 spiro atoms. The zero-order valence-corrected chi connectivity index (χ0v) is 9.17. The molecular weight excluding hydrogens is 190 g/mol. The molecule has 1 aromatic rings. The van der Waals surface area contributed by atoms with Crippen molar-refractivity contribution in [3.05, 3.63) is 22.4 Å². The third-order valence-corrected chi connectivity index (χ3v) is 2.19. The smallest absolute Gasteiger partial charge is 0.0213 e. The molecule has 1 heterocycles. The zero-order valence-electron chi connectivity index (χ0n) is 7.54. The highest BCUT2D eigenvalue weighted by Crippen LogP contribution is 2.04.